The molecule has 3 rings (SSSR count). The predicted molar refractivity (Wildman–Crippen MR) is 107 cm³/mol. The fraction of sp³-hybridized carbons (Fsp3) is 0.556. The molecule has 0 radical (unpaired) electrons. The second-order valence-corrected chi connectivity index (χ2v) is 9.00. The highest BCUT2D eigenvalue weighted by molar-refractivity contribution is 6.30. The first-order chi connectivity index (χ1) is 12.9. The third kappa shape index (κ3) is 4.07. The lowest BCUT2D eigenvalue weighted by molar-refractivity contribution is 0.000335. The average molecular weight is 430 g/mol. The molecule has 0 saturated carbocycles. The molecule has 0 spiro atoms. The summed E-state index contributed by atoms with van der Waals surface area (Å²) in [5.41, 5.74) is -1.12. The molecule has 0 atom stereocenters. The monoisotopic (exact) mass is 429 g/mol. The Hall–Kier alpha value is -1.93. The summed E-state index contributed by atoms with van der Waals surface area (Å²) in [5, 5.41) is 0.0483. The van der Waals surface area contributed by atoms with E-state index >= 15 is 0 Å². The third-order valence-corrected chi connectivity index (χ3v) is 4.84. The van der Waals surface area contributed by atoms with Gasteiger partial charge in [0.1, 0.15) is 16.9 Å². The SMILES string of the molecule is CC(C)(C)OC(=O)N1CCN(c2nc(Cl)nc3c(F)c(Cl)ncc23)CC1(C)C. The molecule has 0 bridgehead atoms. The molecule has 1 aliphatic heterocycles. The Balaban J connectivity index is 1.94. The predicted octanol–water partition coefficient (Wildman–Crippen LogP) is 4.31. The molecule has 0 aromatic carbocycles. The molecule has 3 heterocycles. The lowest BCUT2D eigenvalue weighted by Crippen LogP contribution is -2.62. The minimum atomic E-state index is -0.739. The molecule has 1 saturated heterocycles. The third-order valence-electron chi connectivity index (χ3n) is 4.41. The van der Waals surface area contributed by atoms with Crippen LogP contribution in [0.15, 0.2) is 6.20 Å². The number of anilines is 1. The zero-order valence-corrected chi connectivity index (χ0v) is 17.9. The van der Waals surface area contributed by atoms with E-state index in [9.17, 15) is 9.18 Å². The van der Waals surface area contributed by atoms with Gasteiger partial charge in [-0.1, -0.05) is 11.6 Å². The molecule has 0 aliphatic carbocycles. The maximum absolute atomic E-state index is 14.4. The molecule has 1 fully saturated rings. The van der Waals surface area contributed by atoms with E-state index < -0.39 is 17.0 Å². The average Bonchev–Trinajstić information content (AvgIpc) is 2.55. The minimum absolute atomic E-state index is 0.0161. The van der Waals surface area contributed by atoms with Crippen LogP contribution in [0.5, 0.6) is 0 Å². The summed E-state index contributed by atoms with van der Waals surface area (Å²) in [6, 6.07) is 0. The van der Waals surface area contributed by atoms with Gasteiger partial charge in [-0.25, -0.2) is 19.2 Å². The molecule has 152 valence electrons. The van der Waals surface area contributed by atoms with Gasteiger partial charge in [-0.15, -0.1) is 0 Å². The lowest BCUT2D eigenvalue weighted by Gasteiger charge is -2.47. The minimum Gasteiger partial charge on any atom is -0.444 e. The summed E-state index contributed by atoms with van der Waals surface area (Å²) in [6.45, 7) is 10.7. The van der Waals surface area contributed by atoms with E-state index in [2.05, 4.69) is 15.0 Å². The van der Waals surface area contributed by atoms with Gasteiger partial charge < -0.3 is 9.64 Å². The summed E-state index contributed by atoms with van der Waals surface area (Å²) in [5.74, 6) is -0.286. The van der Waals surface area contributed by atoms with Crippen LogP contribution < -0.4 is 4.90 Å². The second-order valence-electron chi connectivity index (χ2n) is 8.31. The van der Waals surface area contributed by atoms with Gasteiger partial charge in [0, 0.05) is 25.8 Å². The Morgan fingerprint density at radius 3 is 2.54 bits per heavy atom. The standard InChI is InChI=1S/C18H22Cl2FN5O2/c1-17(2,3)28-16(27)26-7-6-25(9-18(26,4)5)14-10-8-22-13(19)11(21)12(10)23-15(20)24-14/h8H,6-7,9H2,1-5H3. The molecule has 1 aliphatic rings. The van der Waals surface area contributed by atoms with Crippen molar-refractivity contribution < 1.29 is 13.9 Å². The number of amides is 1. The van der Waals surface area contributed by atoms with E-state index in [0.717, 1.165) is 0 Å². The van der Waals surface area contributed by atoms with Crippen molar-refractivity contribution in [2.75, 3.05) is 24.5 Å². The number of fused-ring (bicyclic) bond motifs is 1. The number of hydrogen-bond acceptors (Lipinski definition) is 6. The van der Waals surface area contributed by atoms with Crippen LogP contribution in [-0.2, 0) is 4.74 Å². The van der Waals surface area contributed by atoms with Crippen LogP contribution in [0.3, 0.4) is 0 Å². The number of piperazine rings is 1. The van der Waals surface area contributed by atoms with Crippen LogP contribution in [0, 0.1) is 5.82 Å². The van der Waals surface area contributed by atoms with E-state index in [1.165, 1.54) is 6.20 Å². The first-order valence-electron chi connectivity index (χ1n) is 8.82. The van der Waals surface area contributed by atoms with Gasteiger partial charge in [0.05, 0.1) is 10.9 Å². The van der Waals surface area contributed by atoms with E-state index in [-0.39, 0.29) is 22.0 Å². The highest BCUT2D eigenvalue weighted by Crippen LogP contribution is 2.32. The van der Waals surface area contributed by atoms with Crippen molar-refractivity contribution in [1.29, 1.82) is 0 Å². The summed E-state index contributed by atoms with van der Waals surface area (Å²) in [6.07, 6.45) is 1.06. The molecule has 10 heteroatoms. The van der Waals surface area contributed by atoms with Crippen molar-refractivity contribution in [2.24, 2.45) is 0 Å². The van der Waals surface area contributed by atoms with Crippen molar-refractivity contribution in [3.05, 3.63) is 22.5 Å². The number of halogens is 3. The Bertz CT molecular complexity index is 932. The molecule has 0 N–H and O–H groups in total. The zero-order chi connectivity index (χ0) is 20.9. The molecule has 7 nitrogen and oxygen atoms in total. The fourth-order valence-electron chi connectivity index (χ4n) is 3.22. The zero-order valence-electron chi connectivity index (χ0n) is 16.4. The summed E-state index contributed by atoms with van der Waals surface area (Å²) >= 11 is 11.8. The van der Waals surface area contributed by atoms with Gasteiger partial charge in [-0.2, -0.15) is 4.98 Å². The maximum Gasteiger partial charge on any atom is 0.410 e. The molecule has 0 unspecified atom stereocenters. The molecular weight excluding hydrogens is 408 g/mol. The second kappa shape index (κ2) is 7.15. The van der Waals surface area contributed by atoms with Crippen LogP contribution in [0.4, 0.5) is 15.0 Å². The van der Waals surface area contributed by atoms with Crippen LogP contribution in [0.2, 0.25) is 10.4 Å². The topological polar surface area (TPSA) is 71.5 Å². The van der Waals surface area contributed by atoms with Gasteiger partial charge in [-0.05, 0) is 46.2 Å². The first kappa shape index (κ1) is 20.8. The van der Waals surface area contributed by atoms with E-state index in [1.54, 1.807) is 4.90 Å². The number of carbonyl (C=O) groups is 1. The van der Waals surface area contributed by atoms with E-state index in [1.807, 2.05) is 39.5 Å². The molecule has 2 aromatic heterocycles. The molecular formula is C18H22Cl2FN5O2. The molecule has 2 aromatic rings. The molecule has 1 amide bonds. The number of aromatic nitrogens is 3. The fourth-order valence-corrected chi connectivity index (χ4v) is 3.53. The summed E-state index contributed by atoms with van der Waals surface area (Å²) in [7, 11) is 0. The van der Waals surface area contributed by atoms with Crippen molar-refractivity contribution >= 4 is 46.0 Å². The van der Waals surface area contributed by atoms with E-state index in [0.29, 0.717) is 30.8 Å². The van der Waals surface area contributed by atoms with Gasteiger partial charge in [-0.3, -0.25) is 4.90 Å². The Kier molecular flexibility index (Phi) is 5.31. The Morgan fingerprint density at radius 1 is 1.25 bits per heavy atom. The number of ether oxygens (including phenoxy) is 1. The normalized spacial score (nSPS) is 17.1. The summed E-state index contributed by atoms with van der Waals surface area (Å²) in [4.78, 5) is 28.3. The number of hydrogen-bond donors (Lipinski definition) is 0. The lowest BCUT2D eigenvalue weighted by atomic mass is 9.99. The number of nitrogens with zero attached hydrogens (tertiary/aromatic N) is 5. The van der Waals surface area contributed by atoms with E-state index in [4.69, 9.17) is 27.9 Å². The smallest absolute Gasteiger partial charge is 0.410 e. The number of pyridine rings is 1. The number of rotatable bonds is 1. The highest BCUT2D eigenvalue weighted by Gasteiger charge is 2.40. The van der Waals surface area contributed by atoms with Crippen molar-refractivity contribution in [3.63, 3.8) is 0 Å². The summed E-state index contributed by atoms with van der Waals surface area (Å²) < 4.78 is 19.9. The van der Waals surface area contributed by atoms with Crippen molar-refractivity contribution in [3.8, 4) is 0 Å². The van der Waals surface area contributed by atoms with Gasteiger partial charge in [0.2, 0.25) is 5.28 Å². The Labute approximate surface area is 172 Å². The van der Waals surface area contributed by atoms with Crippen LogP contribution in [0.1, 0.15) is 34.6 Å². The largest absolute Gasteiger partial charge is 0.444 e. The van der Waals surface area contributed by atoms with Gasteiger partial charge in [0.15, 0.2) is 11.0 Å². The first-order valence-corrected chi connectivity index (χ1v) is 9.57. The quantitative estimate of drug-likeness (QED) is 0.496. The van der Waals surface area contributed by atoms with Crippen LogP contribution in [-0.4, -0.2) is 56.7 Å². The van der Waals surface area contributed by atoms with Crippen molar-refractivity contribution in [1.82, 2.24) is 19.9 Å². The maximum atomic E-state index is 14.4. The number of carbonyl (C=O) groups excluding carboxylic acids is 1. The van der Waals surface area contributed by atoms with Gasteiger partial charge >= 0.3 is 6.09 Å². The van der Waals surface area contributed by atoms with Crippen LogP contribution >= 0.6 is 23.2 Å². The van der Waals surface area contributed by atoms with Gasteiger partial charge in [0.25, 0.3) is 0 Å². The molecule has 28 heavy (non-hydrogen) atoms. The van der Waals surface area contributed by atoms with Crippen LogP contribution in [0.25, 0.3) is 10.9 Å². The Morgan fingerprint density at radius 2 is 1.93 bits per heavy atom. The highest BCUT2D eigenvalue weighted by atomic mass is 35.5. The van der Waals surface area contributed by atoms with Crippen molar-refractivity contribution in [2.45, 2.75) is 45.8 Å².